The Hall–Kier alpha value is -1.69. The SMILES string of the molecule is CCN(CCC(N)=S)c1ncccc1C(N)=O. The van der Waals surface area contributed by atoms with E-state index in [-0.39, 0.29) is 0 Å². The second-order valence-electron chi connectivity index (χ2n) is 3.53. The number of primary amides is 1. The molecule has 0 unspecified atom stereocenters. The molecule has 1 aromatic heterocycles. The smallest absolute Gasteiger partial charge is 0.252 e. The van der Waals surface area contributed by atoms with Crippen LogP contribution in [-0.2, 0) is 0 Å². The number of thiocarbonyl (C=S) groups is 1. The van der Waals surface area contributed by atoms with Crippen LogP contribution in [-0.4, -0.2) is 29.0 Å². The average Bonchev–Trinajstić information content (AvgIpc) is 2.30. The lowest BCUT2D eigenvalue weighted by atomic mass is 10.2. The predicted molar refractivity (Wildman–Crippen MR) is 72.0 cm³/mol. The minimum Gasteiger partial charge on any atom is -0.393 e. The van der Waals surface area contributed by atoms with Crippen molar-refractivity contribution in [1.29, 1.82) is 0 Å². The highest BCUT2D eigenvalue weighted by Crippen LogP contribution is 2.16. The predicted octanol–water partition coefficient (Wildman–Crippen LogP) is 0.683. The van der Waals surface area contributed by atoms with E-state index in [9.17, 15) is 4.79 Å². The summed E-state index contributed by atoms with van der Waals surface area (Å²) < 4.78 is 0. The second-order valence-corrected chi connectivity index (χ2v) is 4.06. The van der Waals surface area contributed by atoms with Crippen molar-refractivity contribution in [2.75, 3.05) is 18.0 Å². The maximum Gasteiger partial charge on any atom is 0.252 e. The molecule has 0 aliphatic rings. The van der Waals surface area contributed by atoms with Gasteiger partial charge in [0.05, 0.1) is 10.6 Å². The van der Waals surface area contributed by atoms with Gasteiger partial charge in [0.25, 0.3) is 5.91 Å². The number of nitrogens with zero attached hydrogens (tertiary/aromatic N) is 2. The van der Waals surface area contributed by atoms with Crippen molar-refractivity contribution in [3.63, 3.8) is 0 Å². The van der Waals surface area contributed by atoms with Crippen molar-refractivity contribution in [2.45, 2.75) is 13.3 Å². The van der Waals surface area contributed by atoms with Crippen LogP contribution in [0.5, 0.6) is 0 Å². The third-order valence-electron chi connectivity index (χ3n) is 2.36. The highest BCUT2D eigenvalue weighted by Gasteiger charge is 2.14. The number of amides is 1. The Morgan fingerprint density at radius 1 is 1.53 bits per heavy atom. The zero-order valence-electron chi connectivity index (χ0n) is 9.72. The van der Waals surface area contributed by atoms with Gasteiger partial charge in [-0.3, -0.25) is 4.79 Å². The van der Waals surface area contributed by atoms with E-state index in [4.69, 9.17) is 23.7 Å². The molecular weight excluding hydrogens is 236 g/mol. The number of hydrogen-bond acceptors (Lipinski definition) is 4. The van der Waals surface area contributed by atoms with Gasteiger partial charge in [0.2, 0.25) is 0 Å². The number of aromatic nitrogens is 1. The first-order valence-corrected chi connectivity index (χ1v) is 5.75. The maximum absolute atomic E-state index is 11.3. The first kappa shape index (κ1) is 13.4. The van der Waals surface area contributed by atoms with Crippen LogP contribution in [0.15, 0.2) is 18.3 Å². The maximum atomic E-state index is 11.3. The molecule has 1 rings (SSSR count). The van der Waals surface area contributed by atoms with Crippen LogP contribution in [0.25, 0.3) is 0 Å². The van der Waals surface area contributed by atoms with Crippen molar-refractivity contribution in [1.82, 2.24) is 4.98 Å². The summed E-state index contributed by atoms with van der Waals surface area (Å²) in [4.78, 5) is 17.8. The number of rotatable bonds is 6. The quantitative estimate of drug-likeness (QED) is 0.727. The van der Waals surface area contributed by atoms with Crippen LogP contribution in [0.4, 0.5) is 5.82 Å². The van der Waals surface area contributed by atoms with Gasteiger partial charge in [0, 0.05) is 25.7 Å². The first-order valence-electron chi connectivity index (χ1n) is 5.34. The highest BCUT2D eigenvalue weighted by molar-refractivity contribution is 7.80. The zero-order chi connectivity index (χ0) is 12.8. The lowest BCUT2D eigenvalue weighted by Gasteiger charge is -2.23. The van der Waals surface area contributed by atoms with Gasteiger partial charge in [-0.2, -0.15) is 0 Å². The van der Waals surface area contributed by atoms with Crippen molar-refractivity contribution < 1.29 is 4.79 Å². The van der Waals surface area contributed by atoms with Crippen molar-refractivity contribution >= 4 is 28.9 Å². The lowest BCUT2D eigenvalue weighted by molar-refractivity contribution is 0.100. The van der Waals surface area contributed by atoms with E-state index < -0.39 is 5.91 Å². The van der Waals surface area contributed by atoms with E-state index in [1.807, 2.05) is 11.8 Å². The molecule has 0 fully saturated rings. The molecule has 0 radical (unpaired) electrons. The molecule has 0 spiro atoms. The van der Waals surface area contributed by atoms with Gasteiger partial charge >= 0.3 is 0 Å². The normalized spacial score (nSPS) is 9.94. The number of anilines is 1. The lowest BCUT2D eigenvalue weighted by Crippen LogP contribution is -2.30. The van der Waals surface area contributed by atoms with Gasteiger partial charge in [-0.15, -0.1) is 0 Å². The van der Waals surface area contributed by atoms with Crippen molar-refractivity contribution in [3.8, 4) is 0 Å². The summed E-state index contributed by atoms with van der Waals surface area (Å²) in [5.41, 5.74) is 11.2. The fourth-order valence-corrected chi connectivity index (χ4v) is 1.59. The Morgan fingerprint density at radius 2 is 2.24 bits per heavy atom. The molecule has 1 heterocycles. The van der Waals surface area contributed by atoms with Crippen LogP contribution < -0.4 is 16.4 Å². The Morgan fingerprint density at radius 3 is 2.76 bits per heavy atom. The number of hydrogen-bond donors (Lipinski definition) is 2. The number of carbonyl (C=O) groups excluding carboxylic acids is 1. The number of pyridine rings is 1. The molecule has 1 amide bonds. The van der Waals surface area contributed by atoms with E-state index in [1.165, 1.54) is 0 Å². The van der Waals surface area contributed by atoms with Crippen LogP contribution in [0.2, 0.25) is 0 Å². The Balaban J connectivity index is 2.94. The Labute approximate surface area is 106 Å². The van der Waals surface area contributed by atoms with Crippen LogP contribution in [0.1, 0.15) is 23.7 Å². The average molecular weight is 252 g/mol. The van der Waals surface area contributed by atoms with Crippen LogP contribution >= 0.6 is 12.2 Å². The van der Waals surface area contributed by atoms with E-state index in [0.29, 0.717) is 35.9 Å². The fourth-order valence-electron chi connectivity index (χ4n) is 1.50. The van der Waals surface area contributed by atoms with Crippen molar-refractivity contribution in [3.05, 3.63) is 23.9 Å². The van der Waals surface area contributed by atoms with Gasteiger partial charge < -0.3 is 16.4 Å². The van der Waals surface area contributed by atoms with E-state index in [0.717, 1.165) is 0 Å². The molecule has 0 bridgehead atoms. The summed E-state index contributed by atoms with van der Waals surface area (Å²) in [6.45, 7) is 3.31. The van der Waals surface area contributed by atoms with Gasteiger partial charge in [0.1, 0.15) is 5.82 Å². The van der Waals surface area contributed by atoms with Gasteiger partial charge in [-0.25, -0.2) is 4.98 Å². The molecule has 0 aliphatic carbocycles. The molecule has 0 atom stereocenters. The first-order chi connectivity index (χ1) is 8.06. The molecule has 4 N–H and O–H groups in total. The fraction of sp³-hybridized carbons (Fsp3) is 0.364. The van der Waals surface area contributed by atoms with E-state index in [2.05, 4.69) is 4.98 Å². The molecule has 0 aliphatic heterocycles. The third kappa shape index (κ3) is 3.67. The summed E-state index contributed by atoms with van der Waals surface area (Å²) in [7, 11) is 0. The molecule has 0 aromatic carbocycles. The van der Waals surface area contributed by atoms with Gasteiger partial charge in [-0.1, -0.05) is 12.2 Å². The second kappa shape index (κ2) is 6.15. The molecule has 1 aromatic rings. The van der Waals surface area contributed by atoms with E-state index in [1.54, 1.807) is 18.3 Å². The van der Waals surface area contributed by atoms with Crippen LogP contribution in [0.3, 0.4) is 0 Å². The summed E-state index contributed by atoms with van der Waals surface area (Å²) in [5.74, 6) is 0.0978. The molecule has 92 valence electrons. The van der Waals surface area contributed by atoms with Crippen molar-refractivity contribution in [2.24, 2.45) is 11.5 Å². The van der Waals surface area contributed by atoms with Crippen LogP contribution in [0, 0.1) is 0 Å². The highest BCUT2D eigenvalue weighted by atomic mass is 32.1. The number of nitrogens with two attached hydrogens (primary N) is 2. The molecule has 0 saturated carbocycles. The number of carbonyl (C=O) groups is 1. The van der Waals surface area contributed by atoms with Gasteiger partial charge in [-0.05, 0) is 19.1 Å². The third-order valence-corrected chi connectivity index (χ3v) is 2.57. The standard InChI is InChI=1S/C11H16N4OS/c1-2-15(7-5-9(12)17)11-8(10(13)16)4-3-6-14-11/h3-4,6H,2,5,7H2,1H3,(H2,12,17)(H2,13,16). The molecular formula is C11H16N4OS. The van der Waals surface area contributed by atoms with Gasteiger partial charge in [0.15, 0.2) is 0 Å². The monoisotopic (exact) mass is 252 g/mol. The topological polar surface area (TPSA) is 85.2 Å². The zero-order valence-corrected chi connectivity index (χ0v) is 10.5. The van der Waals surface area contributed by atoms with E-state index >= 15 is 0 Å². The minimum absolute atomic E-state index is 0.414. The Kier molecular flexibility index (Phi) is 4.84. The molecule has 17 heavy (non-hydrogen) atoms. The summed E-state index contributed by atoms with van der Waals surface area (Å²) >= 11 is 4.84. The molecule has 0 saturated heterocycles. The summed E-state index contributed by atoms with van der Waals surface area (Å²) in [6.07, 6.45) is 2.21. The minimum atomic E-state index is -0.484. The largest absolute Gasteiger partial charge is 0.393 e. The molecule has 5 nitrogen and oxygen atoms in total. The summed E-state index contributed by atoms with van der Waals surface area (Å²) in [6, 6.07) is 3.35. The summed E-state index contributed by atoms with van der Waals surface area (Å²) in [5, 5.41) is 0. The Bertz CT molecular complexity index is 422. The molecule has 6 heteroatoms.